The molecule has 1 aromatic heterocycles. The van der Waals surface area contributed by atoms with Crippen LogP contribution >= 0.6 is 11.6 Å². The number of fused-ring (bicyclic) bond motifs is 1. The van der Waals surface area contributed by atoms with Crippen molar-refractivity contribution in [1.82, 2.24) is 14.8 Å². The van der Waals surface area contributed by atoms with Gasteiger partial charge in [-0.1, -0.05) is 23.7 Å². The first kappa shape index (κ1) is 25.4. The summed E-state index contributed by atoms with van der Waals surface area (Å²) in [7, 11) is 1.50. The molecule has 2 aromatic carbocycles. The standard InChI is InChI=1S/C25H24ClF2N3O5/c1-14(32)19-12-30(21-9-17(35-2)6-7-18(19)21)13-22(33)31-11-16(27)8-23(31)36-25(34)29-10-15-4-3-5-20(26)24(15)28/h3-7,9,12,16,23H,8,10-11,13H2,1-2H3,(H,29,34)/t16-,23+/m1/s1. The summed E-state index contributed by atoms with van der Waals surface area (Å²) in [5.74, 6) is -0.788. The molecule has 0 spiro atoms. The van der Waals surface area contributed by atoms with Crippen molar-refractivity contribution in [2.45, 2.75) is 38.8 Å². The Hall–Kier alpha value is -3.66. The second-order valence-corrected chi connectivity index (χ2v) is 8.82. The minimum absolute atomic E-state index is 0.0846. The van der Waals surface area contributed by atoms with Gasteiger partial charge in [-0.25, -0.2) is 13.6 Å². The zero-order valence-electron chi connectivity index (χ0n) is 19.6. The van der Waals surface area contributed by atoms with E-state index in [1.807, 2.05) is 0 Å². The maximum atomic E-state index is 14.2. The number of methoxy groups -OCH3 is 1. The molecule has 1 aliphatic heterocycles. The number of likely N-dealkylation sites (tertiary alicyclic amines) is 1. The molecule has 2 heterocycles. The fourth-order valence-corrected chi connectivity index (χ4v) is 4.38. The number of alkyl halides is 1. The lowest BCUT2D eigenvalue weighted by Crippen LogP contribution is -2.42. The van der Waals surface area contributed by atoms with Crippen molar-refractivity contribution < 1.29 is 32.6 Å². The fraction of sp³-hybridized carbons (Fsp3) is 0.320. The minimum atomic E-state index is -1.38. The molecule has 2 atom stereocenters. The Labute approximate surface area is 210 Å². The smallest absolute Gasteiger partial charge is 0.409 e. The number of nitrogens with zero attached hydrogens (tertiary/aromatic N) is 2. The van der Waals surface area contributed by atoms with Crippen molar-refractivity contribution in [3.8, 4) is 5.75 Å². The number of ketones is 1. The van der Waals surface area contributed by atoms with Crippen LogP contribution < -0.4 is 10.1 Å². The molecule has 0 unspecified atom stereocenters. The highest BCUT2D eigenvalue weighted by Crippen LogP contribution is 2.28. The molecule has 1 saturated heterocycles. The summed E-state index contributed by atoms with van der Waals surface area (Å²) in [6.07, 6.45) is -2.08. The number of Topliss-reactive ketones (excluding diaryl/α,β-unsaturated/α-hetero) is 1. The number of hydrogen-bond donors (Lipinski definition) is 1. The topological polar surface area (TPSA) is 89.9 Å². The summed E-state index contributed by atoms with van der Waals surface area (Å²) in [6, 6.07) is 9.52. The molecule has 1 N–H and O–H groups in total. The van der Waals surface area contributed by atoms with E-state index in [2.05, 4.69) is 5.32 Å². The van der Waals surface area contributed by atoms with Crippen LogP contribution in [0, 0.1) is 5.82 Å². The highest BCUT2D eigenvalue weighted by molar-refractivity contribution is 6.30. The Bertz CT molecular complexity index is 1330. The van der Waals surface area contributed by atoms with Gasteiger partial charge in [0.25, 0.3) is 0 Å². The average molecular weight is 520 g/mol. The summed E-state index contributed by atoms with van der Waals surface area (Å²) < 4.78 is 40.4. The Morgan fingerprint density at radius 1 is 1.22 bits per heavy atom. The average Bonchev–Trinajstić information content (AvgIpc) is 3.39. The van der Waals surface area contributed by atoms with Gasteiger partial charge in [0.1, 0.15) is 24.3 Å². The number of rotatable bonds is 7. The Kier molecular flexibility index (Phi) is 7.44. The molecule has 3 aromatic rings. The van der Waals surface area contributed by atoms with Gasteiger partial charge in [-0.15, -0.1) is 0 Å². The van der Waals surface area contributed by atoms with Crippen molar-refractivity contribution in [2.75, 3.05) is 13.7 Å². The summed E-state index contributed by atoms with van der Waals surface area (Å²) in [6.45, 7) is 0.772. The Morgan fingerprint density at radius 3 is 2.72 bits per heavy atom. The van der Waals surface area contributed by atoms with Crippen LogP contribution in [0.2, 0.25) is 5.02 Å². The number of benzene rings is 2. The molecular weight excluding hydrogens is 496 g/mol. The number of halogens is 3. The van der Waals surface area contributed by atoms with Gasteiger partial charge in [-0.2, -0.15) is 0 Å². The monoisotopic (exact) mass is 519 g/mol. The number of nitrogens with one attached hydrogen (secondary N) is 1. The maximum absolute atomic E-state index is 14.2. The van der Waals surface area contributed by atoms with Gasteiger partial charge in [0, 0.05) is 41.7 Å². The van der Waals surface area contributed by atoms with E-state index in [1.54, 1.807) is 29.0 Å². The second kappa shape index (κ2) is 10.5. The largest absolute Gasteiger partial charge is 0.497 e. The number of amides is 2. The molecule has 4 rings (SSSR count). The van der Waals surface area contributed by atoms with Crippen LogP contribution in [0.4, 0.5) is 13.6 Å². The fourth-order valence-electron chi connectivity index (χ4n) is 4.19. The zero-order chi connectivity index (χ0) is 26.0. The number of carbonyl (C=O) groups excluding carboxylic acids is 3. The molecule has 11 heteroatoms. The van der Waals surface area contributed by atoms with Gasteiger partial charge in [-0.3, -0.25) is 9.59 Å². The van der Waals surface area contributed by atoms with E-state index in [4.69, 9.17) is 21.1 Å². The van der Waals surface area contributed by atoms with E-state index in [1.165, 1.54) is 32.2 Å². The van der Waals surface area contributed by atoms with Gasteiger partial charge in [-0.05, 0) is 25.1 Å². The lowest BCUT2D eigenvalue weighted by Gasteiger charge is -2.24. The predicted octanol–water partition coefficient (Wildman–Crippen LogP) is 4.47. The molecule has 1 fully saturated rings. The second-order valence-electron chi connectivity index (χ2n) is 8.42. The molecule has 8 nitrogen and oxygen atoms in total. The van der Waals surface area contributed by atoms with Crippen molar-refractivity contribution in [2.24, 2.45) is 0 Å². The number of ether oxygens (including phenoxy) is 2. The molecule has 36 heavy (non-hydrogen) atoms. The van der Waals surface area contributed by atoms with E-state index < -0.39 is 30.2 Å². The van der Waals surface area contributed by atoms with Crippen LogP contribution in [0.5, 0.6) is 5.75 Å². The van der Waals surface area contributed by atoms with Crippen LogP contribution in [0.25, 0.3) is 10.9 Å². The molecule has 190 valence electrons. The maximum Gasteiger partial charge on any atom is 0.409 e. The number of carbonyl (C=O) groups is 3. The minimum Gasteiger partial charge on any atom is -0.497 e. The summed E-state index contributed by atoms with van der Waals surface area (Å²) in [5, 5.41) is 2.96. The van der Waals surface area contributed by atoms with Crippen molar-refractivity contribution in [1.29, 1.82) is 0 Å². The Morgan fingerprint density at radius 2 is 2.00 bits per heavy atom. The highest BCUT2D eigenvalue weighted by atomic mass is 35.5. The SMILES string of the molecule is COc1ccc2c(C(C)=O)cn(CC(=O)N3C[C@H](F)C[C@@H]3OC(=O)NCc3cccc(Cl)c3F)c2c1. The molecule has 1 aliphatic rings. The van der Waals surface area contributed by atoms with Crippen molar-refractivity contribution in [3.63, 3.8) is 0 Å². The lowest BCUT2D eigenvalue weighted by atomic mass is 10.1. The van der Waals surface area contributed by atoms with Crippen molar-refractivity contribution >= 4 is 40.3 Å². The van der Waals surface area contributed by atoms with Crippen LogP contribution in [0.15, 0.2) is 42.6 Å². The molecule has 0 radical (unpaired) electrons. The van der Waals surface area contributed by atoms with Crippen molar-refractivity contribution in [3.05, 3.63) is 64.6 Å². The molecule has 0 saturated carbocycles. The third-order valence-corrected chi connectivity index (χ3v) is 6.28. The van der Waals surface area contributed by atoms with E-state index in [0.717, 1.165) is 4.90 Å². The lowest BCUT2D eigenvalue weighted by molar-refractivity contribution is -0.138. The van der Waals surface area contributed by atoms with Gasteiger partial charge in [0.05, 0.1) is 24.2 Å². The van der Waals surface area contributed by atoms with E-state index >= 15 is 0 Å². The van der Waals surface area contributed by atoms with E-state index in [9.17, 15) is 23.2 Å². The quantitative estimate of drug-likeness (QED) is 0.465. The molecule has 2 amide bonds. The number of alkyl carbamates (subject to hydrolysis) is 1. The van der Waals surface area contributed by atoms with Gasteiger partial charge in [0.15, 0.2) is 12.0 Å². The van der Waals surface area contributed by atoms with E-state index in [-0.39, 0.29) is 42.4 Å². The normalized spacial score (nSPS) is 17.3. The molecular formula is C25H24ClF2N3O5. The molecule has 0 aliphatic carbocycles. The van der Waals surface area contributed by atoms with Crippen LogP contribution in [-0.2, 0) is 22.6 Å². The number of hydrogen-bond acceptors (Lipinski definition) is 5. The summed E-state index contributed by atoms with van der Waals surface area (Å²) >= 11 is 5.74. The van der Waals surface area contributed by atoms with Gasteiger partial charge < -0.3 is 24.3 Å². The van der Waals surface area contributed by atoms with E-state index in [0.29, 0.717) is 22.2 Å². The van der Waals surface area contributed by atoms with Gasteiger partial charge >= 0.3 is 6.09 Å². The van der Waals surface area contributed by atoms with Gasteiger partial charge in [0.2, 0.25) is 5.91 Å². The van der Waals surface area contributed by atoms with Crippen LogP contribution in [0.1, 0.15) is 29.3 Å². The highest BCUT2D eigenvalue weighted by Gasteiger charge is 2.38. The first-order valence-electron chi connectivity index (χ1n) is 11.2. The third kappa shape index (κ3) is 5.28. The van der Waals surface area contributed by atoms with Crippen LogP contribution in [0.3, 0.4) is 0 Å². The summed E-state index contributed by atoms with van der Waals surface area (Å²) in [4.78, 5) is 38.7. The third-order valence-electron chi connectivity index (χ3n) is 5.99. The molecule has 0 bridgehead atoms. The predicted molar refractivity (Wildman–Crippen MR) is 128 cm³/mol. The first-order chi connectivity index (χ1) is 17.2. The first-order valence-corrected chi connectivity index (χ1v) is 11.5. The van der Waals surface area contributed by atoms with Crippen LogP contribution in [-0.4, -0.2) is 53.3 Å². The zero-order valence-corrected chi connectivity index (χ0v) is 20.4. The summed E-state index contributed by atoms with van der Waals surface area (Å²) in [5.41, 5.74) is 1.19. The Balaban J connectivity index is 1.47. The number of aromatic nitrogens is 1.